The number of nitrogens with zero attached hydrogens (tertiary/aromatic N) is 8. The van der Waals surface area contributed by atoms with Gasteiger partial charge in [-0.2, -0.15) is 0 Å². The van der Waals surface area contributed by atoms with E-state index in [0.29, 0.717) is 60.4 Å². The second kappa shape index (κ2) is 13.6. The Hall–Kier alpha value is -3.85. The molecule has 5 heterocycles. The predicted octanol–water partition coefficient (Wildman–Crippen LogP) is 3.69. The predicted molar refractivity (Wildman–Crippen MR) is 165 cm³/mol. The fourth-order valence-electron chi connectivity index (χ4n) is 6.02. The van der Waals surface area contributed by atoms with Gasteiger partial charge in [-0.15, -0.1) is 10.2 Å². The molecule has 0 spiro atoms. The summed E-state index contributed by atoms with van der Waals surface area (Å²) in [5.41, 5.74) is 2.43. The summed E-state index contributed by atoms with van der Waals surface area (Å²) in [6, 6.07) is 5.90. The smallest absolute Gasteiger partial charge is 0.257 e. The van der Waals surface area contributed by atoms with E-state index in [4.69, 9.17) is 35.6 Å². The zero-order chi connectivity index (χ0) is 30.6. The van der Waals surface area contributed by atoms with Gasteiger partial charge in [-0.05, 0) is 66.6 Å². The Morgan fingerprint density at radius 3 is 2.69 bits per heavy atom. The first-order valence-corrected chi connectivity index (χ1v) is 15.9. The molecule has 3 fully saturated rings. The average molecular weight is 637 g/mol. The van der Waals surface area contributed by atoms with Crippen LogP contribution in [0.1, 0.15) is 38.6 Å². The highest BCUT2D eigenvalue weighted by atomic mass is 35.5. The fourth-order valence-corrected chi connectivity index (χ4v) is 6.18. The van der Waals surface area contributed by atoms with E-state index in [9.17, 15) is 0 Å². The first kappa shape index (κ1) is 29.8. The molecule has 2 saturated heterocycles. The van der Waals surface area contributed by atoms with Gasteiger partial charge in [0.15, 0.2) is 0 Å². The first-order chi connectivity index (χ1) is 22.1. The Labute approximate surface area is 265 Å². The lowest BCUT2D eigenvalue weighted by Gasteiger charge is -2.36. The molecule has 7 rings (SSSR count). The van der Waals surface area contributed by atoms with Crippen molar-refractivity contribution in [3.05, 3.63) is 48.1 Å². The molecule has 4 aromatic rings. The van der Waals surface area contributed by atoms with Gasteiger partial charge >= 0.3 is 0 Å². The normalized spacial score (nSPS) is 22.8. The van der Waals surface area contributed by atoms with Gasteiger partial charge in [0, 0.05) is 31.0 Å². The second-order valence-electron chi connectivity index (χ2n) is 11.8. The minimum atomic E-state index is -0.203. The van der Waals surface area contributed by atoms with Crippen LogP contribution in [0.2, 0.25) is 5.02 Å². The van der Waals surface area contributed by atoms with Gasteiger partial charge in [-0.25, -0.2) is 14.6 Å². The number of hydrogen-bond acceptors (Lipinski definition) is 12. The van der Waals surface area contributed by atoms with Gasteiger partial charge in [0.25, 0.3) is 5.88 Å². The topological polar surface area (TPSA) is 148 Å². The van der Waals surface area contributed by atoms with Gasteiger partial charge < -0.3 is 29.6 Å². The van der Waals surface area contributed by atoms with Crippen molar-refractivity contribution in [2.45, 2.75) is 63.5 Å². The molecule has 1 aromatic carbocycles. The van der Waals surface area contributed by atoms with Crippen LogP contribution < -0.4 is 20.1 Å². The van der Waals surface area contributed by atoms with Gasteiger partial charge in [-0.1, -0.05) is 17.7 Å². The zero-order valence-corrected chi connectivity index (χ0v) is 25.8. The summed E-state index contributed by atoms with van der Waals surface area (Å²) in [4.78, 5) is 9.19. The van der Waals surface area contributed by atoms with Crippen LogP contribution in [0.15, 0.2) is 43.1 Å². The average Bonchev–Trinajstić information content (AvgIpc) is 3.71. The Bertz CT molecular complexity index is 1530. The Kier molecular flexibility index (Phi) is 9.05. The molecule has 2 N–H and O–H groups in total. The second-order valence-corrected chi connectivity index (χ2v) is 12.2. The molecule has 3 aliphatic rings. The van der Waals surface area contributed by atoms with Gasteiger partial charge in [-0.3, -0.25) is 4.68 Å². The number of ether oxygens (including phenoxy) is 4. The summed E-state index contributed by atoms with van der Waals surface area (Å²) in [5, 5.41) is 23.4. The summed E-state index contributed by atoms with van der Waals surface area (Å²) in [6.45, 7) is 6.22. The largest absolute Gasteiger partial charge is 0.487 e. The number of tetrazole rings is 1. The molecule has 3 aromatic heterocycles. The summed E-state index contributed by atoms with van der Waals surface area (Å²) < 4.78 is 27.3. The molecule has 0 radical (unpaired) electrons. The molecule has 2 aliphatic heterocycles. The molecule has 0 amide bonds. The lowest BCUT2D eigenvalue weighted by molar-refractivity contribution is -0.0813. The molecule has 2 atom stereocenters. The molecule has 1 saturated carbocycles. The maximum absolute atomic E-state index is 6.44. The fraction of sp³-hybridized carbons (Fsp3) is 0.533. The number of nitrogens with one attached hydrogen (secondary N) is 2. The van der Waals surface area contributed by atoms with Gasteiger partial charge in [0.2, 0.25) is 5.95 Å². The Morgan fingerprint density at radius 1 is 1.13 bits per heavy atom. The number of morpholine rings is 1. The number of benzene rings is 1. The molecule has 45 heavy (non-hydrogen) atoms. The lowest BCUT2D eigenvalue weighted by Crippen LogP contribution is -2.43. The third-order valence-electron chi connectivity index (χ3n) is 8.51. The molecule has 238 valence electrons. The highest BCUT2D eigenvalue weighted by Crippen LogP contribution is 2.38. The number of hydrogen-bond donors (Lipinski definition) is 2. The standard InChI is InChI=1S/C30H37ClN10O4/c1-19(14-40-18-35-38-39-40)44-27-10-21(4-7-25(27)31)22-11-33-30(34-12-22)36-26-15-41(37-29(26)45-24-16-42-17-24)23-5-2-20(3-6-23)28-13-32-8-9-43-28/h4,7,10-12,15,18-20,23-24,28,32H,2-3,5-6,8-9,13-14,16-17H2,1H3,(H,33,34,36). The molecule has 1 aliphatic carbocycles. The molecule has 2 unspecified atom stereocenters. The van der Waals surface area contributed by atoms with E-state index in [0.717, 1.165) is 62.2 Å². The van der Waals surface area contributed by atoms with Crippen LogP contribution in [0.5, 0.6) is 11.6 Å². The van der Waals surface area contributed by atoms with Crippen molar-refractivity contribution in [3.8, 4) is 22.8 Å². The van der Waals surface area contributed by atoms with Crippen molar-refractivity contribution in [1.29, 1.82) is 0 Å². The SMILES string of the molecule is CC(Cn1cnnn1)Oc1cc(-c2cnc(Nc3cn(C4CCC(C5CNCCO5)CC4)nc3OC3COC3)nc2)ccc1Cl. The van der Waals surface area contributed by atoms with Crippen molar-refractivity contribution in [1.82, 2.24) is 45.3 Å². The third kappa shape index (κ3) is 7.19. The van der Waals surface area contributed by atoms with Crippen LogP contribution in [-0.2, 0) is 16.0 Å². The van der Waals surface area contributed by atoms with Crippen molar-refractivity contribution in [2.24, 2.45) is 5.92 Å². The summed E-state index contributed by atoms with van der Waals surface area (Å²) >= 11 is 6.44. The molecule has 0 bridgehead atoms. The van der Waals surface area contributed by atoms with Crippen LogP contribution in [-0.4, -0.2) is 91.2 Å². The van der Waals surface area contributed by atoms with E-state index in [1.807, 2.05) is 29.9 Å². The van der Waals surface area contributed by atoms with Crippen molar-refractivity contribution in [3.63, 3.8) is 0 Å². The zero-order valence-electron chi connectivity index (χ0n) is 25.1. The van der Waals surface area contributed by atoms with Crippen LogP contribution in [0.4, 0.5) is 11.6 Å². The van der Waals surface area contributed by atoms with Gasteiger partial charge in [0.05, 0.1) is 49.7 Å². The monoisotopic (exact) mass is 636 g/mol. The number of halogens is 1. The van der Waals surface area contributed by atoms with Crippen LogP contribution in [0.3, 0.4) is 0 Å². The Morgan fingerprint density at radius 2 is 1.98 bits per heavy atom. The maximum atomic E-state index is 6.44. The summed E-state index contributed by atoms with van der Waals surface area (Å²) in [7, 11) is 0. The number of aromatic nitrogens is 8. The van der Waals surface area contributed by atoms with E-state index in [-0.39, 0.29) is 12.2 Å². The van der Waals surface area contributed by atoms with Crippen molar-refractivity contribution in [2.75, 3.05) is 38.2 Å². The van der Waals surface area contributed by atoms with Gasteiger partial charge in [0.1, 0.15) is 30.0 Å². The summed E-state index contributed by atoms with van der Waals surface area (Å²) in [5.74, 6) is 2.12. The Balaban J connectivity index is 1.02. The lowest BCUT2D eigenvalue weighted by atomic mass is 9.82. The maximum Gasteiger partial charge on any atom is 0.257 e. The van der Waals surface area contributed by atoms with Crippen LogP contribution >= 0.6 is 11.6 Å². The van der Waals surface area contributed by atoms with Crippen molar-refractivity contribution < 1.29 is 18.9 Å². The third-order valence-corrected chi connectivity index (χ3v) is 8.82. The molecule has 14 nitrogen and oxygen atoms in total. The van der Waals surface area contributed by atoms with E-state index >= 15 is 0 Å². The number of rotatable bonds is 11. The number of anilines is 2. The van der Waals surface area contributed by atoms with E-state index in [2.05, 4.69) is 36.1 Å². The van der Waals surface area contributed by atoms with Crippen molar-refractivity contribution >= 4 is 23.2 Å². The molecule has 15 heteroatoms. The van der Waals surface area contributed by atoms with E-state index in [1.54, 1.807) is 29.5 Å². The minimum Gasteiger partial charge on any atom is -0.487 e. The first-order valence-electron chi connectivity index (χ1n) is 15.5. The quantitative estimate of drug-likeness (QED) is 0.247. The molecular weight excluding hydrogens is 600 g/mol. The minimum absolute atomic E-state index is 0.0132. The van der Waals surface area contributed by atoms with Crippen LogP contribution in [0.25, 0.3) is 11.1 Å². The van der Waals surface area contributed by atoms with E-state index in [1.165, 1.54) is 0 Å². The van der Waals surface area contributed by atoms with Crippen LogP contribution in [0, 0.1) is 5.92 Å². The molecular formula is C30H37ClN10O4. The summed E-state index contributed by atoms with van der Waals surface area (Å²) in [6.07, 6.45) is 11.5. The van der Waals surface area contributed by atoms with E-state index < -0.39 is 0 Å². The highest BCUT2D eigenvalue weighted by Gasteiger charge is 2.31. The highest BCUT2D eigenvalue weighted by molar-refractivity contribution is 6.32.